The van der Waals surface area contributed by atoms with E-state index in [1.807, 2.05) is 0 Å². The lowest BCUT2D eigenvalue weighted by Gasteiger charge is -2.33. The van der Waals surface area contributed by atoms with Crippen molar-refractivity contribution in [3.05, 3.63) is 81.8 Å². The number of rotatable bonds is 6. The number of hydrogen-bond donors (Lipinski definition) is 2. The number of allylic oxidation sites excluding steroid dienone is 3. The summed E-state index contributed by atoms with van der Waals surface area (Å²) in [6, 6.07) is 15.4. The molecule has 2 N–H and O–H groups in total. The Bertz CT molecular complexity index is 1220. The van der Waals surface area contributed by atoms with Gasteiger partial charge in [0.2, 0.25) is 5.91 Å². The molecule has 0 unspecified atom stereocenters. The highest BCUT2D eigenvalue weighted by Gasteiger charge is 2.38. The summed E-state index contributed by atoms with van der Waals surface area (Å²) in [5, 5.41) is 16.5. The highest BCUT2D eigenvalue weighted by atomic mass is 32.2. The lowest BCUT2D eigenvalue weighted by atomic mass is 9.76. The van der Waals surface area contributed by atoms with Crippen molar-refractivity contribution in [1.82, 2.24) is 5.32 Å². The van der Waals surface area contributed by atoms with Crippen molar-refractivity contribution in [2.24, 2.45) is 0 Å². The zero-order valence-corrected chi connectivity index (χ0v) is 18.8. The zero-order chi connectivity index (χ0) is 23.4. The molecule has 2 aliphatic rings. The zero-order valence-electron chi connectivity index (χ0n) is 18.0. The van der Waals surface area contributed by atoms with Crippen LogP contribution in [0.1, 0.15) is 30.7 Å². The Labute approximate surface area is 195 Å². The first-order chi connectivity index (χ1) is 16.0. The van der Waals surface area contributed by atoms with Gasteiger partial charge in [0.25, 0.3) is 0 Å². The average Bonchev–Trinajstić information content (AvgIpc) is 2.82. The summed E-state index contributed by atoms with van der Waals surface area (Å²) in [7, 11) is 1.55. The van der Waals surface area contributed by atoms with Crippen LogP contribution in [0.15, 0.2) is 70.4 Å². The Balaban J connectivity index is 1.61. The van der Waals surface area contributed by atoms with Gasteiger partial charge < -0.3 is 15.4 Å². The van der Waals surface area contributed by atoms with E-state index in [9.17, 15) is 19.2 Å². The number of amides is 1. The Morgan fingerprint density at radius 1 is 1.27 bits per heavy atom. The number of carbonyl (C=O) groups is 2. The number of dihydropyridines is 1. The van der Waals surface area contributed by atoms with Gasteiger partial charge in [0, 0.05) is 35.0 Å². The van der Waals surface area contributed by atoms with Crippen molar-refractivity contribution in [3.8, 4) is 11.8 Å². The van der Waals surface area contributed by atoms with Crippen molar-refractivity contribution < 1.29 is 18.7 Å². The Hall–Kier alpha value is -3.57. The minimum absolute atomic E-state index is 0.0330. The van der Waals surface area contributed by atoms with Gasteiger partial charge >= 0.3 is 0 Å². The van der Waals surface area contributed by atoms with Gasteiger partial charge in [-0.05, 0) is 31.0 Å². The van der Waals surface area contributed by atoms with Crippen molar-refractivity contribution in [3.63, 3.8) is 0 Å². The van der Waals surface area contributed by atoms with Crippen LogP contribution in [0.4, 0.5) is 10.1 Å². The normalized spacial score (nSPS) is 17.7. The predicted octanol–water partition coefficient (Wildman–Crippen LogP) is 4.64. The van der Waals surface area contributed by atoms with Crippen molar-refractivity contribution in [2.75, 3.05) is 18.2 Å². The summed E-state index contributed by atoms with van der Waals surface area (Å²) in [5.74, 6) is -0.943. The molecule has 168 valence electrons. The Morgan fingerprint density at radius 2 is 2.09 bits per heavy atom. The Kier molecular flexibility index (Phi) is 6.80. The van der Waals surface area contributed by atoms with Gasteiger partial charge in [-0.2, -0.15) is 5.26 Å². The molecule has 1 amide bonds. The lowest BCUT2D eigenvalue weighted by molar-refractivity contribution is -0.116. The predicted molar refractivity (Wildman–Crippen MR) is 125 cm³/mol. The number of carbonyl (C=O) groups excluding carboxylic acids is 2. The summed E-state index contributed by atoms with van der Waals surface area (Å²) in [5.41, 5.74) is 2.28. The number of methoxy groups -OCH3 is 1. The van der Waals surface area contributed by atoms with Crippen molar-refractivity contribution >= 4 is 29.1 Å². The molecule has 0 saturated carbocycles. The van der Waals surface area contributed by atoms with E-state index >= 15 is 0 Å². The first-order valence-electron chi connectivity index (χ1n) is 10.5. The minimum atomic E-state index is -0.788. The summed E-state index contributed by atoms with van der Waals surface area (Å²) < 4.78 is 19.9. The van der Waals surface area contributed by atoms with Gasteiger partial charge in [-0.15, -0.1) is 0 Å². The summed E-state index contributed by atoms with van der Waals surface area (Å²) >= 11 is 1.16. The maximum absolute atomic E-state index is 14.7. The number of halogens is 1. The number of nitrogens with zero attached hydrogens (tertiary/aromatic N) is 1. The van der Waals surface area contributed by atoms with E-state index < -0.39 is 11.7 Å². The molecule has 2 aromatic carbocycles. The fraction of sp³-hybridized carbons (Fsp3) is 0.240. The van der Waals surface area contributed by atoms with Gasteiger partial charge in [-0.1, -0.05) is 36.0 Å². The van der Waals surface area contributed by atoms with E-state index in [4.69, 9.17) is 4.74 Å². The third-order valence-corrected chi connectivity index (χ3v) is 6.60. The number of thioether (sulfide) groups is 1. The molecule has 0 radical (unpaired) electrons. The molecule has 2 aromatic rings. The van der Waals surface area contributed by atoms with Crippen LogP contribution in [0.5, 0.6) is 5.75 Å². The molecular weight excluding hydrogens is 441 g/mol. The molecule has 1 heterocycles. The fourth-order valence-corrected chi connectivity index (χ4v) is 4.96. The second-order valence-corrected chi connectivity index (χ2v) is 8.66. The van der Waals surface area contributed by atoms with Gasteiger partial charge in [-0.3, -0.25) is 9.59 Å². The van der Waals surface area contributed by atoms with E-state index in [1.165, 1.54) is 6.07 Å². The van der Waals surface area contributed by atoms with Crippen LogP contribution in [-0.4, -0.2) is 24.6 Å². The molecule has 8 heteroatoms. The first-order valence-corrected chi connectivity index (χ1v) is 11.5. The van der Waals surface area contributed by atoms with E-state index in [0.717, 1.165) is 11.8 Å². The smallest absolute Gasteiger partial charge is 0.234 e. The molecular formula is C25H22FN3O3S. The molecule has 1 atom stereocenters. The number of ether oxygens (including phenoxy) is 1. The second-order valence-electron chi connectivity index (χ2n) is 7.67. The third kappa shape index (κ3) is 4.78. The van der Waals surface area contributed by atoms with E-state index in [2.05, 4.69) is 16.7 Å². The average molecular weight is 464 g/mol. The molecule has 6 nitrogen and oxygen atoms in total. The van der Waals surface area contributed by atoms with Gasteiger partial charge in [0.1, 0.15) is 11.6 Å². The Morgan fingerprint density at radius 3 is 2.85 bits per heavy atom. The van der Waals surface area contributed by atoms with Crippen molar-refractivity contribution in [2.45, 2.75) is 25.2 Å². The highest BCUT2D eigenvalue weighted by molar-refractivity contribution is 8.03. The maximum atomic E-state index is 14.7. The van der Waals surface area contributed by atoms with E-state index in [1.54, 1.807) is 49.6 Å². The first kappa shape index (κ1) is 22.6. The van der Waals surface area contributed by atoms with Crippen LogP contribution in [-0.2, 0) is 9.59 Å². The monoisotopic (exact) mass is 463 g/mol. The molecule has 33 heavy (non-hydrogen) atoms. The van der Waals surface area contributed by atoms with Crippen LogP contribution in [0, 0.1) is 17.1 Å². The quantitative estimate of drug-likeness (QED) is 0.649. The van der Waals surface area contributed by atoms with Crippen LogP contribution in [0.2, 0.25) is 0 Å². The number of anilines is 1. The molecule has 0 aromatic heterocycles. The van der Waals surface area contributed by atoms with Crippen molar-refractivity contribution in [1.29, 1.82) is 5.26 Å². The third-order valence-electron chi connectivity index (χ3n) is 5.58. The van der Waals surface area contributed by atoms with Gasteiger partial charge in [0.15, 0.2) is 5.78 Å². The second kappa shape index (κ2) is 9.92. The molecule has 0 spiro atoms. The number of hydrogen-bond acceptors (Lipinski definition) is 6. The molecule has 1 aliphatic carbocycles. The lowest BCUT2D eigenvalue weighted by Crippen LogP contribution is -2.32. The largest absolute Gasteiger partial charge is 0.497 e. The highest BCUT2D eigenvalue weighted by Crippen LogP contribution is 2.44. The van der Waals surface area contributed by atoms with E-state index in [-0.39, 0.29) is 28.6 Å². The van der Waals surface area contributed by atoms with Gasteiger partial charge in [0.05, 0.1) is 35.5 Å². The van der Waals surface area contributed by atoms with Crippen LogP contribution < -0.4 is 15.4 Å². The minimum Gasteiger partial charge on any atom is -0.497 e. The standard InChI is InChI=1S/C25H22FN3O3S/c1-32-16-7-4-6-15(12-16)28-22(31)14-33-25-18(13-27)23(17-8-2-3-9-19(17)26)24-20(29-25)10-5-11-21(24)30/h2-4,6-9,12,23,29H,5,10-11,14H2,1H3,(H,28,31)/t23-/m1/s1. The number of nitrogens with one attached hydrogen (secondary N) is 2. The number of ketones is 1. The number of Topliss-reactive ketones (excluding diaryl/α,β-unsaturated/α-hetero) is 1. The molecule has 0 bridgehead atoms. The SMILES string of the molecule is COc1cccc(NC(=O)CSC2=C(C#N)[C@@H](c3ccccc3F)C3=C(CCCC3=O)N2)c1. The summed E-state index contributed by atoms with van der Waals surface area (Å²) in [6.07, 6.45) is 1.69. The number of nitriles is 1. The molecule has 0 saturated heterocycles. The fourth-order valence-electron chi connectivity index (χ4n) is 4.09. The number of benzene rings is 2. The van der Waals surface area contributed by atoms with Crippen LogP contribution in [0.25, 0.3) is 0 Å². The molecule has 0 fully saturated rings. The topological polar surface area (TPSA) is 91.2 Å². The summed E-state index contributed by atoms with van der Waals surface area (Å²) in [4.78, 5) is 25.3. The van der Waals surface area contributed by atoms with Crippen LogP contribution >= 0.6 is 11.8 Å². The summed E-state index contributed by atoms with van der Waals surface area (Å²) in [6.45, 7) is 0. The van der Waals surface area contributed by atoms with Gasteiger partial charge in [-0.25, -0.2) is 4.39 Å². The van der Waals surface area contributed by atoms with E-state index in [0.29, 0.717) is 47.0 Å². The molecule has 4 rings (SSSR count). The molecule has 1 aliphatic heterocycles. The maximum Gasteiger partial charge on any atom is 0.234 e. The van der Waals surface area contributed by atoms with Crippen LogP contribution in [0.3, 0.4) is 0 Å².